The maximum Gasteiger partial charge on any atom is 0.218 e. The van der Waals surface area contributed by atoms with E-state index in [2.05, 4.69) is 41.3 Å². The number of benzene rings is 1. The fraction of sp³-hybridized carbons (Fsp3) is 0.375. The van der Waals surface area contributed by atoms with E-state index in [9.17, 15) is 0 Å². The first-order valence-electron chi connectivity index (χ1n) is 7.06. The molecule has 0 aliphatic heterocycles. The van der Waals surface area contributed by atoms with Gasteiger partial charge in [0.25, 0.3) is 0 Å². The molecule has 1 atom stereocenters. The van der Waals surface area contributed by atoms with Crippen LogP contribution in [0.1, 0.15) is 38.3 Å². The van der Waals surface area contributed by atoms with E-state index in [-0.39, 0.29) is 6.04 Å². The minimum absolute atomic E-state index is 0.189. The van der Waals surface area contributed by atoms with Crippen molar-refractivity contribution in [1.29, 1.82) is 0 Å². The summed E-state index contributed by atoms with van der Waals surface area (Å²) < 4.78 is 5.58. The highest BCUT2D eigenvalue weighted by molar-refractivity contribution is 5.40. The highest BCUT2D eigenvalue weighted by atomic mass is 16.5. The fourth-order valence-electron chi connectivity index (χ4n) is 1.87. The Morgan fingerprint density at radius 3 is 2.75 bits per heavy atom. The lowest BCUT2D eigenvalue weighted by Crippen LogP contribution is -2.08. The second-order valence-electron chi connectivity index (χ2n) is 4.72. The zero-order valence-electron chi connectivity index (χ0n) is 12.0. The van der Waals surface area contributed by atoms with Crippen molar-refractivity contribution in [3.05, 3.63) is 48.3 Å². The first-order valence-corrected chi connectivity index (χ1v) is 7.06. The van der Waals surface area contributed by atoms with Crippen LogP contribution < -0.4 is 10.1 Å². The van der Waals surface area contributed by atoms with Gasteiger partial charge in [0.2, 0.25) is 5.88 Å². The number of nitrogens with zero attached hydrogens (tertiary/aromatic N) is 2. The molecule has 1 aromatic carbocycles. The average Bonchev–Trinajstić information content (AvgIpc) is 2.49. The molecule has 0 amide bonds. The van der Waals surface area contributed by atoms with Crippen molar-refractivity contribution in [2.45, 2.75) is 32.7 Å². The molecule has 4 nitrogen and oxygen atoms in total. The van der Waals surface area contributed by atoms with E-state index in [1.807, 2.05) is 24.3 Å². The molecule has 106 valence electrons. The Labute approximate surface area is 120 Å². The topological polar surface area (TPSA) is 47.0 Å². The molecular weight excluding hydrogens is 250 g/mol. The van der Waals surface area contributed by atoms with Crippen LogP contribution in [-0.2, 0) is 0 Å². The minimum Gasteiger partial charge on any atom is -0.478 e. The number of nitrogens with one attached hydrogen (secondary N) is 1. The van der Waals surface area contributed by atoms with Gasteiger partial charge in [0.15, 0.2) is 0 Å². The zero-order chi connectivity index (χ0) is 14.2. The summed E-state index contributed by atoms with van der Waals surface area (Å²) in [7, 11) is 0. The van der Waals surface area contributed by atoms with Crippen LogP contribution in [0.4, 0.5) is 5.82 Å². The van der Waals surface area contributed by atoms with Gasteiger partial charge in [-0.05, 0) is 18.9 Å². The lowest BCUT2D eigenvalue weighted by molar-refractivity contribution is 0.297. The molecule has 0 bridgehead atoms. The quantitative estimate of drug-likeness (QED) is 0.777. The minimum atomic E-state index is 0.189. The van der Waals surface area contributed by atoms with Crippen LogP contribution in [0.2, 0.25) is 0 Å². The van der Waals surface area contributed by atoms with Crippen LogP contribution in [0.5, 0.6) is 5.88 Å². The molecule has 1 aromatic heterocycles. The third-order valence-corrected chi connectivity index (χ3v) is 3.05. The lowest BCUT2D eigenvalue weighted by Gasteiger charge is -2.15. The standard InChI is InChI=1S/C16H21N3O/c1-3-4-10-20-16-11-15(17-12-18-16)19-13(2)14-8-6-5-7-9-14/h5-9,11-13H,3-4,10H2,1-2H3,(H,17,18,19). The lowest BCUT2D eigenvalue weighted by atomic mass is 10.1. The van der Waals surface area contributed by atoms with Crippen molar-refractivity contribution in [1.82, 2.24) is 9.97 Å². The van der Waals surface area contributed by atoms with Gasteiger partial charge in [-0.15, -0.1) is 0 Å². The van der Waals surface area contributed by atoms with Gasteiger partial charge in [0.1, 0.15) is 12.1 Å². The summed E-state index contributed by atoms with van der Waals surface area (Å²) in [6.45, 7) is 4.94. The van der Waals surface area contributed by atoms with Crippen molar-refractivity contribution in [3.8, 4) is 5.88 Å². The molecule has 1 unspecified atom stereocenters. The van der Waals surface area contributed by atoms with Crippen LogP contribution in [-0.4, -0.2) is 16.6 Å². The number of aromatic nitrogens is 2. The van der Waals surface area contributed by atoms with E-state index in [0.29, 0.717) is 12.5 Å². The number of hydrogen-bond donors (Lipinski definition) is 1. The molecule has 0 aliphatic carbocycles. The van der Waals surface area contributed by atoms with Crippen LogP contribution in [0.15, 0.2) is 42.7 Å². The number of anilines is 1. The van der Waals surface area contributed by atoms with Crippen molar-refractivity contribution >= 4 is 5.82 Å². The number of rotatable bonds is 7. The van der Waals surface area contributed by atoms with E-state index in [4.69, 9.17) is 4.74 Å². The van der Waals surface area contributed by atoms with Gasteiger partial charge >= 0.3 is 0 Å². The number of hydrogen-bond acceptors (Lipinski definition) is 4. The van der Waals surface area contributed by atoms with Gasteiger partial charge in [-0.3, -0.25) is 0 Å². The molecule has 0 saturated heterocycles. The van der Waals surface area contributed by atoms with Crippen molar-refractivity contribution in [3.63, 3.8) is 0 Å². The van der Waals surface area contributed by atoms with Crippen molar-refractivity contribution < 1.29 is 4.74 Å². The van der Waals surface area contributed by atoms with Crippen LogP contribution in [0.3, 0.4) is 0 Å². The third-order valence-electron chi connectivity index (χ3n) is 3.05. The van der Waals surface area contributed by atoms with Gasteiger partial charge < -0.3 is 10.1 Å². The molecule has 2 rings (SSSR count). The van der Waals surface area contributed by atoms with E-state index < -0.39 is 0 Å². The molecule has 2 aromatic rings. The molecular formula is C16H21N3O. The van der Waals surface area contributed by atoms with Crippen LogP contribution >= 0.6 is 0 Å². The molecule has 4 heteroatoms. The summed E-state index contributed by atoms with van der Waals surface area (Å²) in [5.41, 5.74) is 1.22. The smallest absolute Gasteiger partial charge is 0.218 e. The van der Waals surface area contributed by atoms with E-state index in [1.165, 1.54) is 11.9 Å². The van der Waals surface area contributed by atoms with E-state index in [0.717, 1.165) is 18.7 Å². The monoisotopic (exact) mass is 271 g/mol. The average molecular weight is 271 g/mol. The molecule has 0 aliphatic rings. The molecule has 1 heterocycles. The SMILES string of the molecule is CCCCOc1cc(NC(C)c2ccccc2)ncn1. The summed E-state index contributed by atoms with van der Waals surface area (Å²) in [5, 5.41) is 3.36. The Bertz CT molecular complexity index is 516. The first-order chi connectivity index (χ1) is 9.79. The highest BCUT2D eigenvalue weighted by Gasteiger charge is 2.06. The Hall–Kier alpha value is -2.10. The summed E-state index contributed by atoms with van der Waals surface area (Å²) in [6, 6.07) is 12.3. The maximum absolute atomic E-state index is 5.58. The summed E-state index contributed by atoms with van der Waals surface area (Å²) in [5.74, 6) is 1.40. The summed E-state index contributed by atoms with van der Waals surface area (Å²) in [4.78, 5) is 8.35. The Balaban J connectivity index is 1.97. The number of unbranched alkanes of at least 4 members (excludes halogenated alkanes) is 1. The summed E-state index contributed by atoms with van der Waals surface area (Å²) >= 11 is 0. The normalized spacial score (nSPS) is 11.9. The third kappa shape index (κ3) is 4.23. The molecule has 0 spiro atoms. The predicted octanol–water partition coefficient (Wildman–Crippen LogP) is 3.83. The molecule has 0 saturated carbocycles. The van der Waals surface area contributed by atoms with Gasteiger partial charge in [-0.25, -0.2) is 9.97 Å². The Morgan fingerprint density at radius 1 is 1.20 bits per heavy atom. The summed E-state index contributed by atoms with van der Waals surface area (Å²) in [6.07, 6.45) is 3.68. The van der Waals surface area contributed by atoms with E-state index >= 15 is 0 Å². The second-order valence-corrected chi connectivity index (χ2v) is 4.72. The molecule has 0 radical (unpaired) electrons. The highest BCUT2D eigenvalue weighted by Crippen LogP contribution is 2.19. The number of ether oxygens (including phenoxy) is 1. The second kappa shape index (κ2) is 7.48. The fourth-order valence-corrected chi connectivity index (χ4v) is 1.87. The molecule has 1 N–H and O–H groups in total. The Morgan fingerprint density at radius 2 is 2.00 bits per heavy atom. The zero-order valence-corrected chi connectivity index (χ0v) is 12.0. The first kappa shape index (κ1) is 14.3. The van der Waals surface area contributed by atoms with Gasteiger partial charge in [0.05, 0.1) is 6.61 Å². The van der Waals surface area contributed by atoms with Crippen LogP contribution in [0, 0.1) is 0 Å². The van der Waals surface area contributed by atoms with Gasteiger partial charge in [-0.1, -0.05) is 43.7 Å². The molecule has 0 fully saturated rings. The molecule has 20 heavy (non-hydrogen) atoms. The van der Waals surface area contributed by atoms with Gasteiger partial charge in [0, 0.05) is 12.1 Å². The van der Waals surface area contributed by atoms with Crippen molar-refractivity contribution in [2.24, 2.45) is 0 Å². The largest absolute Gasteiger partial charge is 0.478 e. The van der Waals surface area contributed by atoms with Gasteiger partial charge in [-0.2, -0.15) is 0 Å². The van der Waals surface area contributed by atoms with E-state index in [1.54, 1.807) is 0 Å². The van der Waals surface area contributed by atoms with Crippen LogP contribution in [0.25, 0.3) is 0 Å². The maximum atomic E-state index is 5.58. The Kier molecular flexibility index (Phi) is 5.35. The van der Waals surface area contributed by atoms with Crippen molar-refractivity contribution in [2.75, 3.05) is 11.9 Å². The predicted molar refractivity (Wildman–Crippen MR) is 80.9 cm³/mol.